The minimum atomic E-state index is -0.335. The number of ether oxygens (including phenoxy) is 2. The third-order valence-electron chi connectivity index (χ3n) is 6.65. The van der Waals surface area contributed by atoms with Gasteiger partial charge in [0.1, 0.15) is 6.61 Å². The van der Waals surface area contributed by atoms with Gasteiger partial charge in [-0.25, -0.2) is 15.0 Å². The van der Waals surface area contributed by atoms with Crippen LogP contribution in [0.2, 0.25) is 5.02 Å². The zero-order chi connectivity index (χ0) is 26.6. The standard InChI is InChI=1S/C29H26ClN5O4/c30-24-5-4-22(33-29(36)26-2-1-10-38-26)16-23(24)25-15-20-14-21(18-32-28(20)34-25)19-3-6-27(31-17-19)39-13-9-35-7-11-37-12-8-35/h1-6,10,14,16-18H,7-9,11-13,15H2,(H,33,36). The molecule has 0 unspecified atom stereocenters. The number of aromatic nitrogens is 2. The van der Waals surface area contributed by atoms with Crippen molar-refractivity contribution in [2.24, 2.45) is 4.99 Å². The van der Waals surface area contributed by atoms with Gasteiger partial charge < -0.3 is 19.2 Å². The molecule has 1 fully saturated rings. The molecule has 3 aromatic heterocycles. The minimum Gasteiger partial charge on any atom is -0.476 e. The highest BCUT2D eigenvalue weighted by Crippen LogP contribution is 2.33. The molecule has 1 aromatic carbocycles. The third kappa shape index (κ3) is 5.85. The molecule has 10 heteroatoms. The van der Waals surface area contributed by atoms with Crippen molar-refractivity contribution in [3.05, 3.63) is 89.1 Å². The van der Waals surface area contributed by atoms with Gasteiger partial charge in [-0.3, -0.25) is 9.69 Å². The zero-order valence-corrected chi connectivity index (χ0v) is 21.9. The largest absolute Gasteiger partial charge is 0.476 e. The second kappa shape index (κ2) is 11.4. The van der Waals surface area contributed by atoms with E-state index in [0.717, 1.165) is 60.8 Å². The molecule has 1 amide bonds. The van der Waals surface area contributed by atoms with E-state index in [4.69, 9.17) is 30.5 Å². The lowest BCUT2D eigenvalue weighted by Gasteiger charge is -2.26. The molecule has 0 aliphatic carbocycles. The summed E-state index contributed by atoms with van der Waals surface area (Å²) in [5, 5.41) is 3.38. The Morgan fingerprint density at radius 2 is 1.92 bits per heavy atom. The van der Waals surface area contributed by atoms with Gasteiger partial charge in [-0.05, 0) is 42.5 Å². The summed E-state index contributed by atoms with van der Waals surface area (Å²) in [6, 6.07) is 14.5. The number of carbonyl (C=O) groups excluding carboxylic acids is 1. The first kappa shape index (κ1) is 25.2. The van der Waals surface area contributed by atoms with Gasteiger partial charge in [0.05, 0.1) is 25.2 Å². The molecule has 2 aliphatic rings. The summed E-state index contributed by atoms with van der Waals surface area (Å²) < 4.78 is 16.4. The molecular weight excluding hydrogens is 518 g/mol. The summed E-state index contributed by atoms with van der Waals surface area (Å²) >= 11 is 6.52. The van der Waals surface area contributed by atoms with Crippen LogP contribution in [0.25, 0.3) is 11.1 Å². The summed E-state index contributed by atoms with van der Waals surface area (Å²) in [6.07, 6.45) is 5.62. The van der Waals surface area contributed by atoms with Crippen molar-refractivity contribution in [2.45, 2.75) is 6.42 Å². The average Bonchev–Trinajstić information content (AvgIpc) is 3.65. The molecule has 0 bridgehead atoms. The Bertz CT molecular complexity index is 1500. The highest BCUT2D eigenvalue weighted by Gasteiger charge is 2.21. The smallest absolute Gasteiger partial charge is 0.291 e. The molecule has 0 spiro atoms. The topological polar surface area (TPSA) is 102 Å². The summed E-state index contributed by atoms with van der Waals surface area (Å²) in [4.78, 5) is 28.5. The number of nitrogens with zero attached hydrogens (tertiary/aromatic N) is 4. The number of aliphatic imine (C=N–C) groups is 1. The van der Waals surface area contributed by atoms with Crippen LogP contribution in [0.1, 0.15) is 21.7 Å². The molecule has 39 heavy (non-hydrogen) atoms. The number of fused-ring (bicyclic) bond motifs is 1. The lowest BCUT2D eigenvalue weighted by atomic mass is 10.0. The first-order chi connectivity index (χ1) is 19.1. The quantitative estimate of drug-likeness (QED) is 0.332. The molecule has 5 heterocycles. The molecular formula is C29H26ClN5O4. The van der Waals surface area contributed by atoms with Gasteiger partial charge in [0.2, 0.25) is 5.88 Å². The van der Waals surface area contributed by atoms with Crippen LogP contribution in [0, 0.1) is 0 Å². The second-order valence-electron chi connectivity index (χ2n) is 9.26. The van der Waals surface area contributed by atoms with Gasteiger partial charge >= 0.3 is 0 Å². The maximum Gasteiger partial charge on any atom is 0.291 e. The van der Waals surface area contributed by atoms with Gasteiger partial charge in [-0.1, -0.05) is 11.6 Å². The molecule has 4 aromatic rings. The molecule has 0 radical (unpaired) electrons. The number of hydrogen-bond donors (Lipinski definition) is 1. The first-order valence-electron chi connectivity index (χ1n) is 12.7. The maximum atomic E-state index is 12.4. The predicted octanol–water partition coefficient (Wildman–Crippen LogP) is 5.03. The second-order valence-corrected chi connectivity index (χ2v) is 9.66. The van der Waals surface area contributed by atoms with E-state index in [-0.39, 0.29) is 11.7 Å². The van der Waals surface area contributed by atoms with Crippen molar-refractivity contribution in [2.75, 3.05) is 44.8 Å². The first-order valence-corrected chi connectivity index (χ1v) is 13.1. The van der Waals surface area contributed by atoms with Crippen molar-refractivity contribution in [3.63, 3.8) is 0 Å². The number of furan rings is 1. The van der Waals surface area contributed by atoms with Crippen LogP contribution in [0.5, 0.6) is 5.88 Å². The predicted molar refractivity (Wildman–Crippen MR) is 148 cm³/mol. The number of carbonyl (C=O) groups is 1. The van der Waals surface area contributed by atoms with Crippen LogP contribution < -0.4 is 10.1 Å². The number of nitrogens with one attached hydrogen (secondary N) is 1. The van der Waals surface area contributed by atoms with Gasteiger partial charge in [0.15, 0.2) is 11.6 Å². The molecule has 9 nitrogen and oxygen atoms in total. The van der Waals surface area contributed by atoms with Crippen LogP contribution in [-0.2, 0) is 11.2 Å². The van der Waals surface area contributed by atoms with Crippen LogP contribution in [0.3, 0.4) is 0 Å². The van der Waals surface area contributed by atoms with Crippen LogP contribution in [0.15, 0.2) is 76.6 Å². The summed E-state index contributed by atoms with van der Waals surface area (Å²) in [5.74, 6) is 1.15. The summed E-state index contributed by atoms with van der Waals surface area (Å²) in [7, 11) is 0. The Morgan fingerprint density at radius 1 is 1.05 bits per heavy atom. The lowest BCUT2D eigenvalue weighted by molar-refractivity contribution is 0.0320. The van der Waals surface area contributed by atoms with E-state index < -0.39 is 0 Å². The number of morpholine rings is 1. The highest BCUT2D eigenvalue weighted by molar-refractivity contribution is 6.34. The molecule has 198 valence electrons. The van der Waals surface area contributed by atoms with E-state index in [1.807, 2.05) is 18.2 Å². The number of benzene rings is 1. The Kier molecular flexibility index (Phi) is 7.36. The number of pyridine rings is 2. The van der Waals surface area contributed by atoms with E-state index in [9.17, 15) is 4.79 Å². The fourth-order valence-corrected chi connectivity index (χ4v) is 4.79. The normalized spacial score (nSPS) is 15.1. The van der Waals surface area contributed by atoms with E-state index in [1.54, 1.807) is 36.7 Å². The number of amides is 1. The molecule has 0 atom stereocenters. The van der Waals surface area contributed by atoms with Gasteiger partial charge in [0, 0.05) is 77.5 Å². The van der Waals surface area contributed by atoms with E-state index in [0.29, 0.717) is 35.4 Å². The monoisotopic (exact) mass is 543 g/mol. The Morgan fingerprint density at radius 3 is 2.72 bits per heavy atom. The van der Waals surface area contributed by atoms with Crippen molar-refractivity contribution < 1.29 is 18.7 Å². The number of anilines is 1. The third-order valence-corrected chi connectivity index (χ3v) is 6.98. The van der Waals surface area contributed by atoms with Crippen molar-refractivity contribution in [3.8, 4) is 17.0 Å². The molecule has 1 saturated heterocycles. The van der Waals surface area contributed by atoms with E-state index in [1.165, 1.54) is 6.26 Å². The highest BCUT2D eigenvalue weighted by atomic mass is 35.5. The Labute approximate surface area is 230 Å². The minimum absolute atomic E-state index is 0.232. The molecule has 2 aliphatic heterocycles. The average molecular weight is 544 g/mol. The molecule has 1 N–H and O–H groups in total. The summed E-state index contributed by atoms with van der Waals surface area (Å²) in [5.41, 5.74) is 5.02. The van der Waals surface area contributed by atoms with Gasteiger partial charge in [-0.15, -0.1) is 0 Å². The van der Waals surface area contributed by atoms with E-state index >= 15 is 0 Å². The van der Waals surface area contributed by atoms with Crippen molar-refractivity contribution in [1.82, 2.24) is 14.9 Å². The van der Waals surface area contributed by atoms with Crippen molar-refractivity contribution >= 4 is 34.7 Å². The van der Waals surface area contributed by atoms with Crippen molar-refractivity contribution in [1.29, 1.82) is 0 Å². The molecule has 6 rings (SSSR count). The zero-order valence-electron chi connectivity index (χ0n) is 21.1. The van der Waals surface area contributed by atoms with Crippen LogP contribution >= 0.6 is 11.6 Å². The lowest BCUT2D eigenvalue weighted by Crippen LogP contribution is -2.38. The van der Waals surface area contributed by atoms with E-state index in [2.05, 4.69) is 26.3 Å². The Hall–Kier alpha value is -4.05. The SMILES string of the molecule is O=C(Nc1ccc(Cl)c(C2=Nc3ncc(-c4ccc(OCCN5CCOCC5)nc4)cc3C2)c1)c1ccco1. The maximum absolute atomic E-state index is 12.4. The Balaban J connectivity index is 1.10. The summed E-state index contributed by atoms with van der Waals surface area (Å²) in [6.45, 7) is 4.87. The van der Waals surface area contributed by atoms with Crippen LogP contribution in [-0.4, -0.2) is 65.9 Å². The molecule has 0 saturated carbocycles. The van der Waals surface area contributed by atoms with Crippen LogP contribution in [0.4, 0.5) is 11.5 Å². The fourth-order valence-electron chi connectivity index (χ4n) is 4.56. The number of halogens is 1. The van der Waals surface area contributed by atoms with Gasteiger partial charge in [-0.2, -0.15) is 0 Å². The number of rotatable bonds is 8. The fraction of sp³-hybridized carbons (Fsp3) is 0.241. The number of hydrogen-bond acceptors (Lipinski definition) is 8. The van der Waals surface area contributed by atoms with Gasteiger partial charge in [0.25, 0.3) is 5.91 Å².